The molecule has 152 valence electrons. The monoisotopic (exact) mass is 428 g/mol. The van der Waals surface area contributed by atoms with Crippen LogP contribution in [0.2, 0.25) is 5.02 Å². The number of ether oxygens (including phenoxy) is 1. The molecule has 0 aliphatic heterocycles. The van der Waals surface area contributed by atoms with E-state index < -0.39 is 11.9 Å². The third-order valence-corrected chi connectivity index (χ3v) is 4.82. The van der Waals surface area contributed by atoms with Crippen LogP contribution in [0.1, 0.15) is 26.3 Å². The minimum atomic E-state index is -0.478. The van der Waals surface area contributed by atoms with E-state index in [1.54, 1.807) is 54.6 Å². The van der Waals surface area contributed by atoms with Crippen molar-refractivity contribution in [1.29, 1.82) is 0 Å². The number of carbonyl (C=O) groups is 2. The normalized spacial score (nSPS) is 10.9. The van der Waals surface area contributed by atoms with E-state index in [0.29, 0.717) is 27.5 Å². The molecule has 0 aliphatic carbocycles. The van der Waals surface area contributed by atoms with Gasteiger partial charge in [-0.05, 0) is 47.2 Å². The Labute approximate surface area is 183 Å². The third kappa shape index (κ3) is 4.79. The molecule has 0 aliphatic rings. The predicted octanol–water partition coefficient (Wildman–Crippen LogP) is 5.48. The third-order valence-electron chi connectivity index (χ3n) is 4.59. The number of nitrogens with one attached hydrogen (secondary N) is 1. The SMILES string of the molecule is O=C(NN=Cc1c(OC(=O)c2ccccc2)ccc2ccccc12)c1cccc(Cl)c1. The lowest BCUT2D eigenvalue weighted by Crippen LogP contribution is -2.17. The fraction of sp³-hybridized carbons (Fsp3) is 0. The number of hydrazone groups is 1. The van der Waals surface area contributed by atoms with Gasteiger partial charge in [-0.15, -0.1) is 0 Å². The highest BCUT2D eigenvalue weighted by Crippen LogP contribution is 2.27. The van der Waals surface area contributed by atoms with Gasteiger partial charge in [-0.2, -0.15) is 5.10 Å². The lowest BCUT2D eigenvalue weighted by Gasteiger charge is -2.10. The Bertz CT molecular complexity index is 1290. The first-order chi connectivity index (χ1) is 15.1. The summed E-state index contributed by atoms with van der Waals surface area (Å²) in [7, 11) is 0. The zero-order valence-corrected chi connectivity index (χ0v) is 17.0. The van der Waals surface area contributed by atoms with Crippen LogP contribution in [0.4, 0.5) is 0 Å². The van der Waals surface area contributed by atoms with Crippen molar-refractivity contribution < 1.29 is 14.3 Å². The molecule has 0 spiro atoms. The zero-order valence-electron chi connectivity index (χ0n) is 16.3. The van der Waals surface area contributed by atoms with Crippen LogP contribution in [0.15, 0.2) is 96.1 Å². The molecule has 0 aromatic heterocycles. The molecular weight excluding hydrogens is 412 g/mol. The predicted molar refractivity (Wildman–Crippen MR) is 122 cm³/mol. The van der Waals surface area contributed by atoms with E-state index in [-0.39, 0.29) is 0 Å². The van der Waals surface area contributed by atoms with Crippen LogP contribution in [0.5, 0.6) is 5.75 Å². The van der Waals surface area contributed by atoms with Crippen LogP contribution in [0.25, 0.3) is 10.8 Å². The molecule has 0 fully saturated rings. The van der Waals surface area contributed by atoms with E-state index in [9.17, 15) is 9.59 Å². The highest BCUT2D eigenvalue weighted by Gasteiger charge is 2.13. The molecule has 4 rings (SSSR count). The minimum absolute atomic E-state index is 0.341. The van der Waals surface area contributed by atoms with Gasteiger partial charge >= 0.3 is 5.97 Å². The Hall–Kier alpha value is -3.96. The number of hydrogen-bond donors (Lipinski definition) is 1. The summed E-state index contributed by atoms with van der Waals surface area (Å²) >= 11 is 5.94. The summed E-state index contributed by atoms with van der Waals surface area (Å²) in [5, 5.41) is 6.32. The molecule has 31 heavy (non-hydrogen) atoms. The van der Waals surface area contributed by atoms with Gasteiger partial charge in [0, 0.05) is 16.1 Å². The molecule has 0 radical (unpaired) electrons. The first-order valence-corrected chi connectivity index (χ1v) is 9.87. The van der Waals surface area contributed by atoms with Crippen LogP contribution in [0, 0.1) is 0 Å². The largest absolute Gasteiger partial charge is 0.422 e. The fourth-order valence-electron chi connectivity index (χ4n) is 3.08. The molecule has 6 heteroatoms. The smallest absolute Gasteiger partial charge is 0.343 e. The maximum absolute atomic E-state index is 12.6. The van der Waals surface area contributed by atoms with Crippen molar-refractivity contribution in [3.63, 3.8) is 0 Å². The van der Waals surface area contributed by atoms with E-state index >= 15 is 0 Å². The highest BCUT2D eigenvalue weighted by molar-refractivity contribution is 6.31. The fourth-order valence-corrected chi connectivity index (χ4v) is 3.27. The molecule has 0 bridgehead atoms. The topological polar surface area (TPSA) is 67.8 Å². The summed E-state index contributed by atoms with van der Waals surface area (Å²) in [6.45, 7) is 0. The molecule has 4 aromatic carbocycles. The van der Waals surface area contributed by atoms with Gasteiger partial charge in [0.25, 0.3) is 5.91 Å². The van der Waals surface area contributed by atoms with Gasteiger partial charge in [-0.3, -0.25) is 4.79 Å². The lowest BCUT2D eigenvalue weighted by molar-refractivity contribution is 0.0734. The van der Waals surface area contributed by atoms with Gasteiger partial charge in [-0.25, -0.2) is 10.2 Å². The summed E-state index contributed by atoms with van der Waals surface area (Å²) in [5.74, 6) is -0.538. The maximum Gasteiger partial charge on any atom is 0.343 e. The van der Waals surface area contributed by atoms with Gasteiger partial charge in [0.2, 0.25) is 0 Å². The molecule has 4 aromatic rings. The van der Waals surface area contributed by atoms with Crippen molar-refractivity contribution in [1.82, 2.24) is 5.43 Å². The molecule has 0 unspecified atom stereocenters. The Morgan fingerprint density at radius 2 is 1.58 bits per heavy atom. The summed E-state index contributed by atoms with van der Waals surface area (Å²) in [6, 6.07) is 26.5. The summed E-state index contributed by atoms with van der Waals surface area (Å²) < 4.78 is 5.64. The average Bonchev–Trinajstić information content (AvgIpc) is 2.80. The molecular formula is C25H17ClN2O3. The van der Waals surface area contributed by atoms with Crippen molar-refractivity contribution in [3.8, 4) is 5.75 Å². The number of nitrogens with zero attached hydrogens (tertiary/aromatic N) is 1. The summed E-state index contributed by atoms with van der Waals surface area (Å²) in [5.41, 5.74) is 3.89. The maximum atomic E-state index is 12.6. The number of benzene rings is 4. The molecule has 0 saturated heterocycles. The second-order valence-electron chi connectivity index (χ2n) is 6.66. The Morgan fingerprint density at radius 3 is 2.39 bits per heavy atom. The van der Waals surface area contributed by atoms with Crippen molar-refractivity contribution in [2.45, 2.75) is 0 Å². The Balaban J connectivity index is 1.63. The van der Waals surface area contributed by atoms with Gasteiger partial charge < -0.3 is 4.74 Å². The molecule has 5 nitrogen and oxygen atoms in total. The van der Waals surface area contributed by atoms with Gasteiger partial charge in [0.05, 0.1) is 11.8 Å². The number of halogens is 1. The van der Waals surface area contributed by atoms with Crippen LogP contribution in [-0.2, 0) is 0 Å². The van der Waals surface area contributed by atoms with Crippen molar-refractivity contribution in [3.05, 3.63) is 113 Å². The summed E-state index contributed by atoms with van der Waals surface area (Å²) in [6.07, 6.45) is 1.47. The Morgan fingerprint density at radius 1 is 0.839 bits per heavy atom. The second-order valence-corrected chi connectivity index (χ2v) is 7.10. The van der Waals surface area contributed by atoms with E-state index in [1.165, 1.54) is 6.21 Å². The molecule has 0 atom stereocenters. The number of hydrogen-bond acceptors (Lipinski definition) is 4. The van der Waals surface area contributed by atoms with Crippen LogP contribution in [-0.4, -0.2) is 18.1 Å². The second kappa shape index (κ2) is 9.24. The van der Waals surface area contributed by atoms with E-state index in [2.05, 4.69) is 10.5 Å². The van der Waals surface area contributed by atoms with E-state index in [0.717, 1.165) is 10.8 Å². The number of esters is 1. The van der Waals surface area contributed by atoms with Gasteiger partial charge in [0.15, 0.2) is 0 Å². The van der Waals surface area contributed by atoms with E-state index in [1.807, 2.05) is 36.4 Å². The van der Waals surface area contributed by atoms with Crippen molar-refractivity contribution in [2.75, 3.05) is 0 Å². The van der Waals surface area contributed by atoms with Crippen LogP contribution < -0.4 is 10.2 Å². The van der Waals surface area contributed by atoms with E-state index in [4.69, 9.17) is 16.3 Å². The zero-order chi connectivity index (χ0) is 21.6. The molecule has 0 heterocycles. The first-order valence-electron chi connectivity index (χ1n) is 9.50. The van der Waals surface area contributed by atoms with Crippen LogP contribution in [0.3, 0.4) is 0 Å². The number of rotatable bonds is 5. The van der Waals surface area contributed by atoms with Gasteiger partial charge in [0.1, 0.15) is 5.75 Å². The highest BCUT2D eigenvalue weighted by atomic mass is 35.5. The lowest BCUT2D eigenvalue weighted by atomic mass is 10.0. The van der Waals surface area contributed by atoms with Crippen molar-refractivity contribution in [2.24, 2.45) is 5.10 Å². The molecule has 1 amide bonds. The van der Waals surface area contributed by atoms with Crippen LogP contribution >= 0.6 is 11.6 Å². The minimum Gasteiger partial charge on any atom is -0.422 e. The number of carbonyl (C=O) groups excluding carboxylic acids is 2. The summed E-state index contributed by atoms with van der Waals surface area (Å²) in [4.78, 5) is 24.9. The standard InChI is InChI=1S/C25H17ClN2O3/c26-20-11-6-10-19(15-20)24(29)28-27-16-22-21-12-5-4-7-17(21)13-14-23(22)31-25(30)18-8-2-1-3-9-18/h1-16H,(H,28,29). The van der Waals surface area contributed by atoms with Crippen molar-refractivity contribution >= 4 is 40.5 Å². The van der Waals surface area contributed by atoms with Gasteiger partial charge in [-0.1, -0.05) is 66.2 Å². The number of fused-ring (bicyclic) bond motifs is 1. The molecule has 0 saturated carbocycles. The molecule has 1 N–H and O–H groups in total. The average molecular weight is 429 g/mol. The number of amides is 1. The first kappa shape index (κ1) is 20.3. The Kier molecular flexibility index (Phi) is 6.05. The quantitative estimate of drug-likeness (QED) is 0.198.